The summed E-state index contributed by atoms with van der Waals surface area (Å²) in [5, 5.41) is 6.72. The minimum Gasteiger partial charge on any atom is -0.368 e. The van der Waals surface area contributed by atoms with Crippen LogP contribution in [0.4, 0.5) is 11.9 Å². The molecule has 13 heavy (non-hydrogen) atoms. The number of nitrogens with one attached hydrogen (secondary N) is 1. The third kappa shape index (κ3) is 1.07. The number of anilines is 2. The van der Waals surface area contributed by atoms with Crippen molar-refractivity contribution in [2.45, 2.75) is 19.3 Å². The summed E-state index contributed by atoms with van der Waals surface area (Å²) in [4.78, 5) is 6.35. The molecule has 5 nitrogen and oxygen atoms in total. The number of nitrogens with two attached hydrogens (primary N) is 1. The predicted octanol–water partition coefficient (Wildman–Crippen LogP) is 0.377. The lowest BCUT2D eigenvalue weighted by Gasteiger charge is -2.12. The Kier molecular flexibility index (Phi) is 1.19. The van der Waals surface area contributed by atoms with Gasteiger partial charge in [0.15, 0.2) is 0 Å². The maximum Gasteiger partial charge on any atom is 0.246 e. The zero-order valence-electron chi connectivity index (χ0n) is 7.45. The molecule has 1 saturated carbocycles. The number of hydrogen-bond donors (Lipinski definition) is 2. The van der Waals surface area contributed by atoms with Crippen molar-refractivity contribution in [1.29, 1.82) is 0 Å². The summed E-state index contributed by atoms with van der Waals surface area (Å²) >= 11 is 0. The minimum absolute atomic E-state index is 0.409. The van der Waals surface area contributed by atoms with Crippen molar-refractivity contribution >= 4 is 11.9 Å². The molecule has 0 aromatic carbocycles. The van der Waals surface area contributed by atoms with Crippen LogP contribution in [0.2, 0.25) is 0 Å². The summed E-state index contributed by atoms with van der Waals surface area (Å²) in [6.45, 7) is 2.20. The Morgan fingerprint density at radius 1 is 1.38 bits per heavy atom. The number of nitrogen functional groups attached to an aromatic ring is 1. The number of H-pyrrole nitrogens is 1. The Bertz CT molecular complexity index is 327. The topological polar surface area (TPSA) is 70.8 Å². The van der Waals surface area contributed by atoms with E-state index >= 15 is 0 Å². The Balaban J connectivity index is 1.80. The first-order chi connectivity index (χ1) is 6.27. The lowest BCUT2D eigenvalue weighted by molar-refractivity contribution is 0.580. The molecule has 1 spiro atoms. The van der Waals surface area contributed by atoms with E-state index in [1.807, 2.05) is 0 Å². The first-order valence-corrected chi connectivity index (χ1v) is 4.70. The summed E-state index contributed by atoms with van der Waals surface area (Å²) in [6.07, 6.45) is 4.05. The van der Waals surface area contributed by atoms with Gasteiger partial charge in [-0.05, 0) is 24.7 Å². The normalized spacial score (nSPS) is 24.2. The second-order valence-electron chi connectivity index (χ2n) is 4.19. The van der Waals surface area contributed by atoms with E-state index in [1.54, 1.807) is 0 Å². The highest BCUT2D eigenvalue weighted by atomic mass is 15.4. The van der Waals surface area contributed by atoms with Crippen LogP contribution in [-0.2, 0) is 0 Å². The van der Waals surface area contributed by atoms with E-state index in [1.165, 1.54) is 19.3 Å². The SMILES string of the molecule is Nc1nc(N2CCC3(CC3)C2)n[nH]1. The van der Waals surface area contributed by atoms with Gasteiger partial charge in [0.1, 0.15) is 0 Å². The monoisotopic (exact) mass is 179 g/mol. The molecule has 0 amide bonds. The summed E-state index contributed by atoms with van der Waals surface area (Å²) in [5.41, 5.74) is 6.09. The molecule has 0 unspecified atom stereocenters. The van der Waals surface area contributed by atoms with E-state index in [9.17, 15) is 0 Å². The van der Waals surface area contributed by atoms with E-state index in [0.717, 1.165) is 19.0 Å². The zero-order valence-corrected chi connectivity index (χ0v) is 7.45. The Labute approximate surface area is 76.3 Å². The molecule has 1 aromatic heterocycles. The molecule has 1 aromatic rings. The van der Waals surface area contributed by atoms with Gasteiger partial charge in [-0.15, -0.1) is 5.10 Å². The van der Waals surface area contributed by atoms with Gasteiger partial charge >= 0.3 is 0 Å². The van der Waals surface area contributed by atoms with Gasteiger partial charge in [-0.2, -0.15) is 4.98 Å². The third-order valence-corrected chi connectivity index (χ3v) is 3.17. The maximum absolute atomic E-state index is 5.47. The highest BCUT2D eigenvalue weighted by Crippen LogP contribution is 2.52. The number of aromatic amines is 1. The Hall–Kier alpha value is -1.26. The van der Waals surface area contributed by atoms with E-state index in [4.69, 9.17) is 5.73 Å². The van der Waals surface area contributed by atoms with Gasteiger partial charge in [0.25, 0.3) is 0 Å². The molecule has 0 atom stereocenters. The van der Waals surface area contributed by atoms with Crippen LogP contribution in [0, 0.1) is 5.41 Å². The van der Waals surface area contributed by atoms with Crippen LogP contribution in [0.3, 0.4) is 0 Å². The lowest BCUT2D eigenvalue weighted by atomic mass is 10.1. The first-order valence-electron chi connectivity index (χ1n) is 4.70. The van der Waals surface area contributed by atoms with Gasteiger partial charge in [-0.3, -0.25) is 0 Å². The fourth-order valence-electron chi connectivity index (χ4n) is 2.10. The first kappa shape index (κ1) is 7.17. The van der Waals surface area contributed by atoms with Crippen molar-refractivity contribution in [2.75, 3.05) is 23.7 Å². The third-order valence-electron chi connectivity index (χ3n) is 3.17. The van der Waals surface area contributed by atoms with Crippen LogP contribution < -0.4 is 10.6 Å². The Morgan fingerprint density at radius 3 is 2.77 bits per heavy atom. The minimum atomic E-state index is 0.409. The van der Waals surface area contributed by atoms with Crippen LogP contribution in [0.1, 0.15) is 19.3 Å². The molecule has 0 bridgehead atoms. The molecule has 2 fully saturated rings. The van der Waals surface area contributed by atoms with Crippen molar-refractivity contribution in [3.8, 4) is 0 Å². The van der Waals surface area contributed by atoms with Crippen LogP contribution in [0.25, 0.3) is 0 Å². The van der Waals surface area contributed by atoms with Crippen LogP contribution in [-0.4, -0.2) is 28.3 Å². The summed E-state index contributed by atoms with van der Waals surface area (Å²) in [7, 11) is 0. The van der Waals surface area contributed by atoms with Gasteiger partial charge in [-0.25, -0.2) is 5.10 Å². The molecule has 5 heteroatoms. The van der Waals surface area contributed by atoms with Gasteiger partial charge in [0, 0.05) is 13.1 Å². The fraction of sp³-hybridized carbons (Fsp3) is 0.750. The summed E-state index contributed by atoms with van der Waals surface area (Å²) < 4.78 is 0. The molecule has 2 heterocycles. The number of aromatic nitrogens is 3. The second-order valence-corrected chi connectivity index (χ2v) is 4.19. The molecule has 1 aliphatic carbocycles. The molecular weight excluding hydrogens is 166 g/mol. The van der Waals surface area contributed by atoms with Crippen LogP contribution >= 0.6 is 0 Å². The molecule has 70 valence electrons. The smallest absolute Gasteiger partial charge is 0.246 e. The zero-order chi connectivity index (χ0) is 8.89. The largest absolute Gasteiger partial charge is 0.368 e. The molecule has 1 aliphatic heterocycles. The Morgan fingerprint density at radius 2 is 2.23 bits per heavy atom. The highest BCUT2D eigenvalue weighted by Gasteiger charge is 2.48. The summed E-state index contributed by atoms with van der Waals surface area (Å²) in [5.74, 6) is 1.17. The van der Waals surface area contributed by atoms with Crippen molar-refractivity contribution in [3.63, 3.8) is 0 Å². The van der Waals surface area contributed by atoms with Gasteiger partial charge in [0.2, 0.25) is 11.9 Å². The van der Waals surface area contributed by atoms with E-state index < -0.39 is 0 Å². The van der Waals surface area contributed by atoms with Crippen molar-refractivity contribution < 1.29 is 0 Å². The van der Waals surface area contributed by atoms with E-state index in [0.29, 0.717) is 11.4 Å². The van der Waals surface area contributed by atoms with E-state index in [2.05, 4.69) is 20.1 Å². The second kappa shape index (κ2) is 2.16. The average molecular weight is 179 g/mol. The van der Waals surface area contributed by atoms with Gasteiger partial charge < -0.3 is 10.6 Å². The van der Waals surface area contributed by atoms with Crippen LogP contribution in [0.15, 0.2) is 0 Å². The van der Waals surface area contributed by atoms with Crippen LogP contribution in [0.5, 0.6) is 0 Å². The number of rotatable bonds is 1. The average Bonchev–Trinajstić information content (AvgIpc) is 2.55. The van der Waals surface area contributed by atoms with Gasteiger partial charge in [-0.1, -0.05) is 0 Å². The highest BCUT2D eigenvalue weighted by molar-refractivity contribution is 5.37. The molecule has 1 saturated heterocycles. The molecule has 2 aliphatic rings. The molecular formula is C8H13N5. The lowest BCUT2D eigenvalue weighted by Crippen LogP contribution is -2.21. The van der Waals surface area contributed by atoms with Crippen molar-refractivity contribution in [3.05, 3.63) is 0 Å². The van der Waals surface area contributed by atoms with Gasteiger partial charge in [0.05, 0.1) is 0 Å². The predicted molar refractivity (Wildman–Crippen MR) is 49.3 cm³/mol. The maximum atomic E-state index is 5.47. The quantitative estimate of drug-likeness (QED) is 0.653. The molecule has 0 radical (unpaired) electrons. The van der Waals surface area contributed by atoms with E-state index in [-0.39, 0.29) is 0 Å². The van der Waals surface area contributed by atoms with Crippen molar-refractivity contribution in [1.82, 2.24) is 15.2 Å². The van der Waals surface area contributed by atoms with Crippen molar-refractivity contribution in [2.24, 2.45) is 5.41 Å². The standard InChI is InChI=1S/C8H13N5/c9-6-10-7(12-11-6)13-4-3-8(5-13)1-2-8/h1-5H2,(H3,9,10,11,12). The molecule has 3 rings (SSSR count). The fourth-order valence-corrected chi connectivity index (χ4v) is 2.10. The number of hydrogen-bond acceptors (Lipinski definition) is 4. The molecule has 3 N–H and O–H groups in total. The summed E-state index contributed by atoms with van der Waals surface area (Å²) in [6, 6.07) is 0. The number of nitrogens with zero attached hydrogens (tertiary/aromatic N) is 3.